The first-order valence-electron chi connectivity index (χ1n) is 13.6. The van der Waals surface area contributed by atoms with Crippen molar-refractivity contribution in [2.24, 2.45) is 11.7 Å². The second kappa shape index (κ2) is 8.58. The molecule has 0 spiro atoms. The number of anilines is 3. The van der Waals surface area contributed by atoms with Gasteiger partial charge in [0.05, 0.1) is 35.4 Å². The van der Waals surface area contributed by atoms with Crippen LogP contribution in [0.25, 0.3) is 10.9 Å². The molecular weight excluding hydrogens is 464 g/mol. The summed E-state index contributed by atoms with van der Waals surface area (Å²) in [6.45, 7) is 4.28. The Morgan fingerprint density at radius 1 is 1.11 bits per heavy atom. The average molecular weight is 501 g/mol. The van der Waals surface area contributed by atoms with Gasteiger partial charge in [-0.1, -0.05) is 0 Å². The Balaban J connectivity index is 1.29. The lowest BCUT2D eigenvalue weighted by Gasteiger charge is -2.37. The monoisotopic (exact) mass is 500 g/mol. The minimum absolute atomic E-state index is 0.0216. The molecule has 8 heteroatoms. The summed E-state index contributed by atoms with van der Waals surface area (Å²) in [6.07, 6.45) is 4.57. The quantitative estimate of drug-likeness (QED) is 0.551. The Hall–Kier alpha value is -3.39. The van der Waals surface area contributed by atoms with E-state index in [1.807, 2.05) is 11.0 Å². The summed E-state index contributed by atoms with van der Waals surface area (Å²) in [6, 6.07) is 12.9. The SMILES string of the molecule is COc1ccc2cc(C3Nc4cc(C(=O)N5CCC[C@@H](N)C5)cc5c4N3CCN5C)n(CC3CC3)c2c1. The first-order valence-corrected chi connectivity index (χ1v) is 13.6. The van der Waals surface area contributed by atoms with Crippen LogP contribution in [0.5, 0.6) is 5.75 Å². The molecular formula is C29H36N6O2. The lowest BCUT2D eigenvalue weighted by molar-refractivity contribution is 0.0709. The molecule has 194 valence electrons. The number of carbonyl (C=O) groups is 1. The van der Waals surface area contributed by atoms with E-state index in [4.69, 9.17) is 10.5 Å². The van der Waals surface area contributed by atoms with Crippen molar-refractivity contribution in [3.63, 3.8) is 0 Å². The van der Waals surface area contributed by atoms with Gasteiger partial charge in [-0.15, -0.1) is 0 Å². The Labute approximate surface area is 217 Å². The largest absolute Gasteiger partial charge is 0.497 e. The number of fused-ring (bicyclic) bond motifs is 1. The molecule has 3 aliphatic heterocycles. The third-order valence-corrected chi connectivity index (χ3v) is 8.62. The van der Waals surface area contributed by atoms with E-state index in [2.05, 4.69) is 57.1 Å². The van der Waals surface area contributed by atoms with E-state index < -0.39 is 0 Å². The van der Waals surface area contributed by atoms with E-state index in [1.54, 1.807) is 7.11 Å². The molecule has 8 nitrogen and oxygen atoms in total. The number of ether oxygens (including phenoxy) is 1. The fourth-order valence-electron chi connectivity index (χ4n) is 6.40. The fraction of sp³-hybridized carbons (Fsp3) is 0.483. The maximum Gasteiger partial charge on any atom is 0.254 e. The number of carbonyl (C=O) groups excluding carboxylic acids is 1. The van der Waals surface area contributed by atoms with Crippen molar-refractivity contribution in [3.05, 3.63) is 47.7 Å². The normalized spacial score (nSPS) is 22.8. The number of hydrogen-bond acceptors (Lipinski definition) is 6. The molecule has 37 heavy (non-hydrogen) atoms. The maximum atomic E-state index is 13.5. The van der Waals surface area contributed by atoms with Gasteiger partial charge >= 0.3 is 0 Å². The molecule has 0 radical (unpaired) electrons. The van der Waals surface area contributed by atoms with Gasteiger partial charge in [-0.2, -0.15) is 0 Å². The molecule has 1 aromatic heterocycles. The summed E-state index contributed by atoms with van der Waals surface area (Å²) >= 11 is 0. The van der Waals surface area contributed by atoms with Crippen molar-refractivity contribution in [1.29, 1.82) is 0 Å². The lowest BCUT2D eigenvalue weighted by Crippen LogP contribution is -2.45. The molecule has 2 fully saturated rings. The van der Waals surface area contributed by atoms with E-state index >= 15 is 0 Å². The molecule has 4 aliphatic rings. The molecule has 2 aromatic carbocycles. The van der Waals surface area contributed by atoms with Crippen molar-refractivity contribution >= 4 is 33.9 Å². The minimum Gasteiger partial charge on any atom is -0.497 e. The third kappa shape index (κ3) is 3.81. The molecule has 7 rings (SSSR count). The first kappa shape index (κ1) is 22.8. The van der Waals surface area contributed by atoms with Crippen molar-refractivity contribution in [2.45, 2.75) is 44.4 Å². The molecule has 2 atom stereocenters. The standard InChI is InChI=1S/C29H36N6O2/c1-32-10-11-34-27-23(12-20(14-25(27)32)29(36)33-9-3-4-21(30)17-33)31-28(34)26-13-19-7-8-22(37-2)15-24(19)35(26)16-18-5-6-18/h7-8,12-15,18,21,28,31H,3-6,9-11,16-17,30H2,1-2H3/t21-,28?/m1/s1. The van der Waals surface area contributed by atoms with Crippen LogP contribution in [-0.2, 0) is 6.54 Å². The van der Waals surface area contributed by atoms with Gasteiger partial charge in [-0.3, -0.25) is 4.79 Å². The van der Waals surface area contributed by atoms with E-state index in [9.17, 15) is 4.79 Å². The van der Waals surface area contributed by atoms with Crippen molar-refractivity contribution in [2.75, 3.05) is 55.5 Å². The zero-order chi connectivity index (χ0) is 25.3. The number of hydrogen-bond donors (Lipinski definition) is 2. The number of benzene rings is 2. The van der Waals surface area contributed by atoms with Crippen molar-refractivity contribution < 1.29 is 9.53 Å². The molecule has 1 saturated carbocycles. The molecule has 1 unspecified atom stereocenters. The number of amides is 1. The number of likely N-dealkylation sites (tertiary alicyclic amines) is 1. The lowest BCUT2D eigenvalue weighted by atomic mass is 10.0. The summed E-state index contributed by atoms with van der Waals surface area (Å²) in [5, 5.41) is 5.07. The molecule has 1 saturated heterocycles. The van der Waals surface area contributed by atoms with Crippen LogP contribution in [0.1, 0.15) is 47.9 Å². The van der Waals surface area contributed by atoms with Gasteiger partial charge in [0.25, 0.3) is 5.91 Å². The maximum absolute atomic E-state index is 13.5. The highest BCUT2D eigenvalue weighted by atomic mass is 16.5. The summed E-state index contributed by atoms with van der Waals surface area (Å²) < 4.78 is 8.06. The third-order valence-electron chi connectivity index (χ3n) is 8.62. The van der Waals surface area contributed by atoms with Gasteiger partial charge in [0, 0.05) is 62.8 Å². The van der Waals surface area contributed by atoms with Gasteiger partial charge in [-0.25, -0.2) is 0 Å². The number of nitrogens with zero attached hydrogens (tertiary/aromatic N) is 4. The topological polar surface area (TPSA) is 79.0 Å². The Kier molecular flexibility index (Phi) is 5.29. The van der Waals surface area contributed by atoms with Gasteiger partial charge in [0.2, 0.25) is 0 Å². The summed E-state index contributed by atoms with van der Waals surface area (Å²) in [5.41, 5.74) is 12.8. The van der Waals surface area contributed by atoms with E-state index in [0.717, 1.165) is 67.6 Å². The van der Waals surface area contributed by atoms with Crippen molar-refractivity contribution in [3.8, 4) is 5.75 Å². The fourth-order valence-corrected chi connectivity index (χ4v) is 6.40. The van der Waals surface area contributed by atoms with Crippen LogP contribution in [-0.4, -0.2) is 61.8 Å². The van der Waals surface area contributed by atoms with Gasteiger partial charge in [-0.05, 0) is 61.9 Å². The average Bonchev–Trinajstić information content (AvgIpc) is 3.56. The zero-order valence-corrected chi connectivity index (χ0v) is 21.7. The van der Waals surface area contributed by atoms with Crippen LogP contribution in [0.3, 0.4) is 0 Å². The van der Waals surface area contributed by atoms with Crippen LogP contribution in [0.4, 0.5) is 17.1 Å². The highest BCUT2D eigenvalue weighted by Crippen LogP contribution is 2.50. The highest BCUT2D eigenvalue weighted by molar-refractivity contribution is 6.01. The number of methoxy groups -OCH3 is 1. The molecule has 4 heterocycles. The first-order chi connectivity index (χ1) is 18.0. The second-order valence-corrected chi connectivity index (χ2v) is 11.3. The predicted octanol–water partition coefficient (Wildman–Crippen LogP) is 4.00. The van der Waals surface area contributed by atoms with Gasteiger partial charge in [0.1, 0.15) is 11.9 Å². The molecule has 0 bridgehead atoms. The van der Waals surface area contributed by atoms with Crippen LogP contribution in [0.2, 0.25) is 0 Å². The Morgan fingerprint density at radius 2 is 1.97 bits per heavy atom. The number of aromatic nitrogens is 1. The summed E-state index contributed by atoms with van der Waals surface area (Å²) in [4.78, 5) is 20.2. The van der Waals surface area contributed by atoms with E-state index in [0.29, 0.717) is 6.54 Å². The summed E-state index contributed by atoms with van der Waals surface area (Å²) in [5.74, 6) is 1.71. The second-order valence-electron chi connectivity index (χ2n) is 11.3. The van der Waals surface area contributed by atoms with Gasteiger partial charge in [0.15, 0.2) is 0 Å². The number of nitrogens with one attached hydrogen (secondary N) is 1. The Bertz CT molecular complexity index is 1380. The molecule has 3 N–H and O–H groups in total. The molecule has 3 aromatic rings. The van der Waals surface area contributed by atoms with E-state index in [-0.39, 0.29) is 18.1 Å². The van der Waals surface area contributed by atoms with Crippen LogP contribution in [0.15, 0.2) is 36.4 Å². The summed E-state index contributed by atoms with van der Waals surface area (Å²) in [7, 11) is 3.86. The van der Waals surface area contributed by atoms with E-state index in [1.165, 1.54) is 35.1 Å². The van der Waals surface area contributed by atoms with Crippen LogP contribution in [0, 0.1) is 5.92 Å². The number of piperidine rings is 1. The zero-order valence-electron chi connectivity index (χ0n) is 21.7. The minimum atomic E-state index is 0.0216. The number of rotatable bonds is 5. The molecule has 1 aliphatic carbocycles. The Morgan fingerprint density at radius 3 is 2.76 bits per heavy atom. The predicted molar refractivity (Wildman–Crippen MR) is 148 cm³/mol. The van der Waals surface area contributed by atoms with Gasteiger partial charge < -0.3 is 35.1 Å². The highest BCUT2D eigenvalue weighted by Gasteiger charge is 2.39. The molecule has 1 amide bonds. The smallest absolute Gasteiger partial charge is 0.254 e. The number of nitrogens with two attached hydrogens (primary N) is 1. The number of likely N-dealkylation sites (N-methyl/N-ethyl adjacent to an activating group) is 1. The van der Waals surface area contributed by atoms with Crippen molar-refractivity contribution in [1.82, 2.24) is 9.47 Å². The van der Waals surface area contributed by atoms with Crippen LogP contribution >= 0.6 is 0 Å². The van der Waals surface area contributed by atoms with Crippen LogP contribution < -0.4 is 25.6 Å².